The Kier molecular flexibility index (Phi) is 3.93. The third-order valence-corrected chi connectivity index (χ3v) is 3.35. The van der Waals surface area contributed by atoms with Crippen LogP contribution >= 0.6 is 7.82 Å². The lowest BCUT2D eigenvalue weighted by Gasteiger charge is -2.23. The van der Waals surface area contributed by atoms with Gasteiger partial charge in [-0.3, -0.25) is 0 Å². The van der Waals surface area contributed by atoms with Crippen LogP contribution in [0.25, 0.3) is 0 Å². The van der Waals surface area contributed by atoms with E-state index in [1.165, 1.54) is 0 Å². The van der Waals surface area contributed by atoms with Crippen LogP contribution in [0.5, 0.6) is 11.5 Å². The topological polar surface area (TPSA) is 58.6 Å². The Morgan fingerprint density at radius 2 is 1.11 bits per heavy atom. The van der Waals surface area contributed by atoms with E-state index in [1.807, 2.05) is 13.8 Å². The molecule has 0 aliphatic rings. The molecule has 0 aliphatic carbocycles. The zero-order chi connectivity index (χ0) is 13.9. The molecular weight excluding hydrogens is 263 g/mol. The van der Waals surface area contributed by atoms with Crippen LogP contribution in [0, 0.1) is 13.8 Å². The van der Waals surface area contributed by atoms with Crippen LogP contribution < -0.4 is 13.9 Å². The van der Waals surface area contributed by atoms with Crippen LogP contribution in [-0.2, 0) is 4.57 Å². The number of phosphoric acid groups is 1. The van der Waals surface area contributed by atoms with Gasteiger partial charge in [-0.15, -0.1) is 0 Å². The maximum atomic E-state index is 11.7. The van der Waals surface area contributed by atoms with Crippen molar-refractivity contribution in [1.82, 2.24) is 0 Å². The predicted octanol–water partition coefficient (Wildman–Crippen LogP) is 3.23. The first-order chi connectivity index (χ1) is 8.94. The molecule has 2 aromatic rings. The van der Waals surface area contributed by atoms with Gasteiger partial charge in [0.25, 0.3) is 0 Å². The van der Waals surface area contributed by atoms with Gasteiger partial charge in [0, 0.05) is 0 Å². The van der Waals surface area contributed by atoms with Crippen molar-refractivity contribution in [2.45, 2.75) is 13.8 Å². The summed E-state index contributed by atoms with van der Waals surface area (Å²) in [6.07, 6.45) is 0. The SMILES string of the molecule is Cc1ccc(OP(=O)([O-])Oc2ccc(C)cc2)cc1. The zero-order valence-electron chi connectivity index (χ0n) is 10.7. The van der Waals surface area contributed by atoms with Gasteiger partial charge in [-0.2, -0.15) is 0 Å². The molecule has 100 valence electrons. The maximum absolute atomic E-state index is 11.7. The zero-order valence-corrected chi connectivity index (χ0v) is 11.6. The summed E-state index contributed by atoms with van der Waals surface area (Å²) in [4.78, 5) is 11.7. The van der Waals surface area contributed by atoms with Gasteiger partial charge in [0.05, 0.1) is 0 Å². The van der Waals surface area contributed by atoms with Gasteiger partial charge in [0.1, 0.15) is 11.5 Å². The lowest BCUT2D eigenvalue weighted by Crippen LogP contribution is -2.13. The molecule has 0 fully saturated rings. The maximum Gasteiger partial charge on any atom is 0.372 e. The molecule has 0 radical (unpaired) electrons. The molecular formula is C14H14O4P-. The summed E-state index contributed by atoms with van der Waals surface area (Å²) in [6, 6.07) is 13.4. The van der Waals surface area contributed by atoms with E-state index in [0.717, 1.165) is 11.1 Å². The Hall–Kier alpha value is -1.77. The molecule has 0 aromatic heterocycles. The highest BCUT2D eigenvalue weighted by Gasteiger charge is 2.12. The molecule has 0 heterocycles. The smallest absolute Gasteiger partial charge is 0.372 e. The second kappa shape index (κ2) is 5.47. The highest BCUT2D eigenvalue weighted by atomic mass is 31.2. The van der Waals surface area contributed by atoms with Crippen LogP contribution in [0.3, 0.4) is 0 Å². The summed E-state index contributed by atoms with van der Waals surface area (Å²) in [5, 5.41) is 0. The van der Waals surface area contributed by atoms with E-state index in [-0.39, 0.29) is 11.5 Å². The minimum absolute atomic E-state index is 0.232. The molecule has 0 bridgehead atoms. The summed E-state index contributed by atoms with van der Waals surface area (Å²) in [5.74, 6) is 0.465. The number of hydrogen-bond donors (Lipinski definition) is 0. The van der Waals surface area contributed by atoms with E-state index < -0.39 is 7.82 Å². The van der Waals surface area contributed by atoms with Gasteiger partial charge in [0.15, 0.2) is 0 Å². The molecule has 2 aromatic carbocycles. The van der Waals surface area contributed by atoms with Gasteiger partial charge in [-0.25, -0.2) is 4.57 Å². The average molecular weight is 277 g/mol. The Labute approximate surface area is 112 Å². The lowest BCUT2D eigenvalue weighted by atomic mass is 10.2. The summed E-state index contributed by atoms with van der Waals surface area (Å²) in [6.45, 7) is 3.81. The normalized spacial score (nSPS) is 11.1. The van der Waals surface area contributed by atoms with E-state index in [4.69, 9.17) is 9.05 Å². The third kappa shape index (κ3) is 4.12. The van der Waals surface area contributed by atoms with Crippen LogP contribution in [0.2, 0.25) is 0 Å². The molecule has 19 heavy (non-hydrogen) atoms. The molecule has 0 saturated carbocycles. The molecule has 0 spiro atoms. The van der Waals surface area contributed by atoms with E-state index >= 15 is 0 Å². The number of hydrogen-bond acceptors (Lipinski definition) is 4. The van der Waals surface area contributed by atoms with Crippen molar-refractivity contribution in [3.8, 4) is 11.5 Å². The molecule has 0 saturated heterocycles. The minimum Gasteiger partial charge on any atom is -0.736 e. The van der Waals surface area contributed by atoms with Crippen molar-refractivity contribution in [2.24, 2.45) is 0 Å². The van der Waals surface area contributed by atoms with Crippen molar-refractivity contribution >= 4 is 7.82 Å². The number of phosphoric ester groups is 1. The van der Waals surface area contributed by atoms with Gasteiger partial charge in [0.2, 0.25) is 0 Å². The highest BCUT2D eigenvalue weighted by Crippen LogP contribution is 2.40. The third-order valence-electron chi connectivity index (χ3n) is 2.48. The number of aryl methyl sites for hydroxylation is 2. The quantitative estimate of drug-likeness (QED) is 0.805. The summed E-state index contributed by atoms with van der Waals surface area (Å²) >= 11 is 0. The summed E-state index contributed by atoms with van der Waals surface area (Å²) in [7, 11) is -4.42. The van der Waals surface area contributed by atoms with Gasteiger partial charge < -0.3 is 13.9 Å². The number of rotatable bonds is 4. The fraction of sp³-hybridized carbons (Fsp3) is 0.143. The first-order valence-electron chi connectivity index (χ1n) is 5.78. The minimum atomic E-state index is -4.42. The van der Waals surface area contributed by atoms with Crippen molar-refractivity contribution in [1.29, 1.82) is 0 Å². The summed E-state index contributed by atoms with van der Waals surface area (Å²) in [5.41, 5.74) is 2.04. The largest absolute Gasteiger partial charge is 0.736 e. The molecule has 0 atom stereocenters. The highest BCUT2D eigenvalue weighted by molar-refractivity contribution is 7.46. The van der Waals surface area contributed by atoms with Gasteiger partial charge in [-0.1, -0.05) is 35.4 Å². The van der Waals surface area contributed by atoms with Crippen LogP contribution in [0.15, 0.2) is 48.5 Å². The lowest BCUT2D eigenvalue weighted by molar-refractivity contribution is -0.208. The second-order valence-corrected chi connectivity index (χ2v) is 5.52. The van der Waals surface area contributed by atoms with Crippen molar-refractivity contribution in [3.05, 3.63) is 59.7 Å². The van der Waals surface area contributed by atoms with E-state index in [0.29, 0.717) is 0 Å². The Morgan fingerprint density at radius 1 is 0.789 bits per heavy atom. The molecule has 0 amide bonds. The van der Waals surface area contributed by atoms with E-state index in [1.54, 1.807) is 48.5 Å². The van der Waals surface area contributed by atoms with Crippen LogP contribution in [0.4, 0.5) is 0 Å². The average Bonchev–Trinajstić information content (AvgIpc) is 2.34. The molecule has 0 N–H and O–H groups in total. The molecule has 0 aliphatic heterocycles. The fourth-order valence-corrected chi connectivity index (χ4v) is 2.27. The van der Waals surface area contributed by atoms with Gasteiger partial charge in [-0.05, 0) is 38.1 Å². The van der Waals surface area contributed by atoms with Crippen molar-refractivity contribution < 1.29 is 18.5 Å². The Morgan fingerprint density at radius 3 is 1.42 bits per heavy atom. The van der Waals surface area contributed by atoms with Crippen molar-refractivity contribution in [3.63, 3.8) is 0 Å². The molecule has 5 heteroatoms. The predicted molar refractivity (Wildman–Crippen MR) is 71.2 cm³/mol. The monoisotopic (exact) mass is 277 g/mol. The Balaban J connectivity index is 2.08. The molecule has 4 nitrogen and oxygen atoms in total. The second-order valence-electron chi connectivity index (χ2n) is 4.26. The first kappa shape index (κ1) is 13.7. The fourth-order valence-electron chi connectivity index (χ4n) is 1.48. The molecule has 0 unspecified atom stereocenters. The van der Waals surface area contributed by atoms with E-state index in [9.17, 15) is 9.46 Å². The first-order valence-corrected chi connectivity index (χ1v) is 7.24. The van der Waals surface area contributed by atoms with Gasteiger partial charge >= 0.3 is 7.82 Å². The molecule has 2 rings (SSSR count). The van der Waals surface area contributed by atoms with Crippen LogP contribution in [-0.4, -0.2) is 0 Å². The summed E-state index contributed by atoms with van der Waals surface area (Å²) < 4.78 is 21.5. The van der Waals surface area contributed by atoms with Crippen molar-refractivity contribution in [2.75, 3.05) is 0 Å². The standard InChI is InChI=1S/C14H15O4P/c1-11-3-7-13(8-4-11)17-19(15,16)18-14-9-5-12(2)6-10-14/h3-10H,1-2H3,(H,15,16)/p-1. The van der Waals surface area contributed by atoms with E-state index in [2.05, 4.69) is 0 Å². The van der Waals surface area contributed by atoms with Crippen LogP contribution in [0.1, 0.15) is 11.1 Å². The Bertz CT molecular complexity index is 538. The number of benzene rings is 2.